The fraction of sp³-hybridized carbons (Fsp3) is 0.0909. The molecular weight excluding hydrogens is 192 g/mol. The van der Waals surface area contributed by atoms with Crippen molar-refractivity contribution in [3.63, 3.8) is 0 Å². The Hall–Kier alpha value is -2.28. The Morgan fingerprint density at radius 2 is 2.40 bits per heavy atom. The van der Waals surface area contributed by atoms with E-state index in [4.69, 9.17) is 10.00 Å². The van der Waals surface area contributed by atoms with E-state index in [-0.39, 0.29) is 0 Å². The van der Waals surface area contributed by atoms with E-state index in [1.807, 2.05) is 23.5 Å². The molecule has 76 valence electrons. The summed E-state index contributed by atoms with van der Waals surface area (Å²) in [6.07, 6.45) is 4.45. The van der Waals surface area contributed by atoms with Crippen LogP contribution in [0.25, 0.3) is 6.08 Å². The topological polar surface area (TPSA) is 62.1 Å². The van der Waals surface area contributed by atoms with Crippen LogP contribution >= 0.6 is 0 Å². The Morgan fingerprint density at radius 1 is 1.60 bits per heavy atom. The highest BCUT2D eigenvalue weighted by molar-refractivity contribution is 5.92. The fourth-order valence-electron chi connectivity index (χ4n) is 1.01. The molecule has 0 saturated heterocycles. The molecule has 0 atom stereocenters. The Kier molecular flexibility index (Phi) is 3.92. The molecule has 4 heteroatoms. The molecule has 0 aliphatic rings. The van der Waals surface area contributed by atoms with Crippen molar-refractivity contribution in [1.82, 2.24) is 5.32 Å². The van der Waals surface area contributed by atoms with E-state index < -0.39 is 5.91 Å². The molecule has 0 radical (unpaired) electrons. The third-order valence-electron chi connectivity index (χ3n) is 1.70. The van der Waals surface area contributed by atoms with Crippen LogP contribution in [0.3, 0.4) is 0 Å². The molecule has 0 heterocycles. The van der Waals surface area contributed by atoms with Gasteiger partial charge >= 0.3 is 0 Å². The quantitative estimate of drug-likeness (QED) is 0.456. The van der Waals surface area contributed by atoms with Gasteiger partial charge in [0.05, 0.1) is 7.11 Å². The van der Waals surface area contributed by atoms with Gasteiger partial charge in [0.15, 0.2) is 6.19 Å². The zero-order chi connectivity index (χ0) is 11.1. The monoisotopic (exact) mass is 202 g/mol. The first-order valence-electron chi connectivity index (χ1n) is 4.27. The molecular formula is C11H10N2O2. The van der Waals surface area contributed by atoms with Crippen LogP contribution in [0, 0.1) is 11.5 Å². The van der Waals surface area contributed by atoms with Crippen LogP contribution in [0.2, 0.25) is 0 Å². The van der Waals surface area contributed by atoms with E-state index in [1.165, 1.54) is 6.08 Å². The minimum Gasteiger partial charge on any atom is -0.497 e. The first-order valence-corrected chi connectivity index (χ1v) is 4.27. The van der Waals surface area contributed by atoms with Crippen LogP contribution in [0.15, 0.2) is 30.3 Å². The normalized spacial score (nSPS) is 9.60. The number of ether oxygens (including phenoxy) is 1. The molecule has 0 aromatic heterocycles. The smallest absolute Gasteiger partial charge is 0.256 e. The summed E-state index contributed by atoms with van der Waals surface area (Å²) in [6.45, 7) is 0. The molecule has 15 heavy (non-hydrogen) atoms. The van der Waals surface area contributed by atoms with E-state index in [1.54, 1.807) is 25.4 Å². The average Bonchev–Trinajstić information content (AvgIpc) is 2.27. The Bertz CT molecular complexity index is 419. The van der Waals surface area contributed by atoms with E-state index in [0.717, 1.165) is 11.3 Å². The second kappa shape index (κ2) is 5.45. The maximum absolute atomic E-state index is 10.9. The number of hydrogen-bond donors (Lipinski definition) is 1. The molecule has 0 aliphatic carbocycles. The van der Waals surface area contributed by atoms with Gasteiger partial charge in [0, 0.05) is 6.08 Å². The number of nitrogens with one attached hydrogen (secondary N) is 1. The number of nitrogens with zero attached hydrogens (tertiary/aromatic N) is 1. The van der Waals surface area contributed by atoms with Crippen molar-refractivity contribution >= 4 is 12.0 Å². The number of carbonyl (C=O) groups is 1. The second-order valence-electron chi connectivity index (χ2n) is 2.71. The molecule has 1 aromatic rings. The van der Waals surface area contributed by atoms with E-state index in [9.17, 15) is 4.79 Å². The van der Waals surface area contributed by atoms with Gasteiger partial charge in [-0.25, -0.2) is 0 Å². The van der Waals surface area contributed by atoms with Crippen LogP contribution in [0.5, 0.6) is 5.75 Å². The number of carbonyl (C=O) groups excluding carboxylic acids is 1. The van der Waals surface area contributed by atoms with Crippen molar-refractivity contribution in [2.75, 3.05) is 7.11 Å². The number of amides is 1. The minimum absolute atomic E-state index is 0.444. The Balaban J connectivity index is 2.72. The van der Waals surface area contributed by atoms with Gasteiger partial charge in [-0.3, -0.25) is 10.1 Å². The summed E-state index contributed by atoms with van der Waals surface area (Å²) < 4.78 is 5.02. The van der Waals surface area contributed by atoms with Crippen molar-refractivity contribution in [2.24, 2.45) is 0 Å². The van der Waals surface area contributed by atoms with Crippen molar-refractivity contribution in [1.29, 1.82) is 5.26 Å². The standard InChI is InChI=1S/C11H10N2O2/c1-15-10-4-2-3-9(7-10)5-6-11(14)13-8-12/h2-7H,1H3,(H,13,14). The van der Waals surface area contributed by atoms with Crippen LogP contribution in [0.1, 0.15) is 5.56 Å². The molecule has 0 unspecified atom stereocenters. The summed E-state index contributed by atoms with van der Waals surface area (Å²) in [5.74, 6) is 0.276. The van der Waals surface area contributed by atoms with Gasteiger partial charge in [-0.15, -0.1) is 0 Å². The van der Waals surface area contributed by atoms with Crippen molar-refractivity contribution in [3.05, 3.63) is 35.9 Å². The largest absolute Gasteiger partial charge is 0.497 e. The molecule has 0 aliphatic heterocycles. The van der Waals surface area contributed by atoms with Crippen molar-refractivity contribution in [3.8, 4) is 11.9 Å². The summed E-state index contributed by atoms with van der Waals surface area (Å²) >= 11 is 0. The molecule has 1 aromatic carbocycles. The average molecular weight is 202 g/mol. The molecule has 0 saturated carbocycles. The first kappa shape index (κ1) is 10.8. The Morgan fingerprint density at radius 3 is 3.07 bits per heavy atom. The molecule has 0 bridgehead atoms. The SMILES string of the molecule is COc1cccc(C=CC(=O)NC#N)c1. The molecule has 1 N–H and O–H groups in total. The maximum atomic E-state index is 10.9. The maximum Gasteiger partial charge on any atom is 0.256 e. The van der Waals surface area contributed by atoms with Gasteiger partial charge in [0.1, 0.15) is 5.75 Å². The highest BCUT2D eigenvalue weighted by atomic mass is 16.5. The van der Waals surface area contributed by atoms with Crippen LogP contribution in [-0.4, -0.2) is 13.0 Å². The van der Waals surface area contributed by atoms with Gasteiger partial charge in [0.2, 0.25) is 0 Å². The lowest BCUT2D eigenvalue weighted by Gasteiger charge is -1.99. The second-order valence-corrected chi connectivity index (χ2v) is 2.71. The molecule has 1 rings (SSSR count). The number of hydrogen-bond acceptors (Lipinski definition) is 3. The number of benzene rings is 1. The van der Waals surface area contributed by atoms with Gasteiger partial charge < -0.3 is 4.74 Å². The summed E-state index contributed by atoms with van der Waals surface area (Å²) in [7, 11) is 1.57. The van der Waals surface area contributed by atoms with Gasteiger partial charge in [-0.05, 0) is 23.8 Å². The molecule has 0 fully saturated rings. The van der Waals surface area contributed by atoms with Crippen molar-refractivity contribution < 1.29 is 9.53 Å². The number of methoxy groups -OCH3 is 1. The zero-order valence-corrected chi connectivity index (χ0v) is 8.23. The highest BCUT2D eigenvalue weighted by Gasteiger charge is 1.94. The third-order valence-corrected chi connectivity index (χ3v) is 1.70. The lowest BCUT2D eigenvalue weighted by atomic mass is 10.2. The van der Waals surface area contributed by atoms with E-state index in [2.05, 4.69) is 0 Å². The number of rotatable bonds is 3. The summed E-state index contributed by atoms with van der Waals surface area (Å²) in [6, 6.07) is 7.25. The predicted molar refractivity (Wildman–Crippen MR) is 55.8 cm³/mol. The zero-order valence-electron chi connectivity index (χ0n) is 8.23. The summed E-state index contributed by atoms with van der Waals surface area (Å²) in [5, 5.41) is 10.2. The highest BCUT2D eigenvalue weighted by Crippen LogP contribution is 2.13. The molecule has 4 nitrogen and oxygen atoms in total. The molecule has 1 amide bonds. The lowest BCUT2D eigenvalue weighted by Crippen LogP contribution is -2.13. The number of nitriles is 1. The summed E-state index contributed by atoms with van der Waals surface area (Å²) in [5.41, 5.74) is 0.836. The van der Waals surface area contributed by atoms with Gasteiger partial charge in [-0.2, -0.15) is 5.26 Å². The van der Waals surface area contributed by atoms with Gasteiger partial charge in [0.25, 0.3) is 5.91 Å². The summed E-state index contributed by atoms with van der Waals surface area (Å²) in [4.78, 5) is 10.9. The van der Waals surface area contributed by atoms with Crippen LogP contribution in [0.4, 0.5) is 0 Å². The van der Waals surface area contributed by atoms with Crippen LogP contribution in [-0.2, 0) is 4.79 Å². The van der Waals surface area contributed by atoms with E-state index in [0.29, 0.717) is 0 Å². The third kappa shape index (κ3) is 3.53. The first-order chi connectivity index (χ1) is 7.26. The predicted octanol–water partition coefficient (Wildman–Crippen LogP) is 1.31. The Labute approximate surface area is 87.8 Å². The van der Waals surface area contributed by atoms with Gasteiger partial charge in [-0.1, -0.05) is 12.1 Å². The van der Waals surface area contributed by atoms with Crippen molar-refractivity contribution in [2.45, 2.75) is 0 Å². The minimum atomic E-state index is -0.444. The van der Waals surface area contributed by atoms with Crippen LogP contribution < -0.4 is 10.1 Å². The van der Waals surface area contributed by atoms with E-state index >= 15 is 0 Å². The lowest BCUT2D eigenvalue weighted by molar-refractivity contribution is -0.115. The fourth-order valence-corrected chi connectivity index (χ4v) is 1.01. The molecule has 0 spiro atoms.